The summed E-state index contributed by atoms with van der Waals surface area (Å²) in [4.78, 5) is 24.5. The number of halogens is 6. The van der Waals surface area contributed by atoms with Crippen LogP contribution in [0.4, 0.5) is 18.9 Å². The van der Waals surface area contributed by atoms with Crippen molar-refractivity contribution in [3.63, 3.8) is 0 Å². The first kappa shape index (κ1) is 21.7. The summed E-state index contributed by atoms with van der Waals surface area (Å²) < 4.78 is 40.4. The van der Waals surface area contributed by atoms with Gasteiger partial charge in [0.05, 0.1) is 16.6 Å². The Morgan fingerprint density at radius 3 is 2.38 bits per heavy atom. The van der Waals surface area contributed by atoms with Gasteiger partial charge < -0.3 is 10.6 Å². The van der Waals surface area contributed by atoms with Gasteiger partial charge in [0.25, 0.3) is 5.91 Å². The van der Waals surface area contributed by atoms with Crippen LogP contribution in [0.1, 0.15) is 28.8 Å². The van der Waals surface area contributed by atoms with Crippen LogP contribution in [0.5, 0.6) is 0 Å². The minimum absolute atomic E-state index is 0.158. The third-order valence-corrected chi connectivity index (χ3v) is 5.78. The fraction of sp³-hybridized carbons (Fsp3) is 0.263. The Morgan fingerprint density at radius 1 is 1.10 bits per heavy atom. The van der Waals surface area contributed by atoms with Crippen LogP contribution >= 0.6 is 34.8 Å². The van der Waals surface area contributed by atoms with Gasteiger partial charge in [-0.2, -0.15) is 0 Å². The summed E-state index contributed by atoms with van der Waals surface area (Å²) in [5, 5.41) is 4.42. The molecule has 154 valence electrons. The molecule has 3 rings (SSSR count). The minimum Gasteiger partial charge on any atom is -0.352 e. The molecule has 0 heterocycles. The van der Waals surface area contributed by atoms with Crippen LogP contribution in [-0.4, -0.2) is 22.7 Å². The molecule has 0 aliphatic heterocycles. The molecule has 2 atom stereocenters. The zero-order valence-corrected chi connectivity index (χ0v) is 17.1. The quantitative estimate of drug-likeness (QED) is 0.608. The number of alkyl halides is 2. The maximum absolute atomic E-state index is 14.6. The molecule has 2 aromatic rings. The van der Waals surface area contributed by atoms with Crippen molar-refractivity contribution in [3.05, 3.63) is 63.9 Å². The molecule has 0 spiro atoms. The zero-order chi connectivity index (χ0) is 21.5. The van der Waals surface area contributed by atoms with Gasteiger partial charge in [0.1, 0.15) is 21.5 Å². The number of hydrogen-bond donors (Lipinski definition) is 2. The van der Waals surface area contributed by atoms with E-state index in [-0.39, 0.29) is 11.6 Å². The summed E-state index contributed by atoms with van der Waals surface area (Å²) in [6.45, 7) is 1.76. The van der Waals surface area contributed by atoms with E-state index in [1.807, 2.05) is 0 Å². The lowest BCUT2D eigenvalue weighted by Gasteiger charge is -2.11. The van der Waals surface area contributed by atoms with E-state index in [2.05, 4.69) is 10.6 Å². The summed E-state index contributed by atoms with van der Waals surface area (Å²) in [5.41, 5.74) is -0.779. The summed E-state index contributed by atoms with van der Waals surface area (Å²) in [7, 11) is 0. The van der Waals surface area contributed by atoms with Crippen LogP contribution in [0.25, 0.3) is 0 Å². The van der Waals surface area contributed by atoms with Gasteiger partial charge in [-0.1, -0.05) is 17.7 Å². The predicted octanol–water partition coefficient (Wildman–Crippen LogP) is 5.03. The van der Waals surface area contributed by atoms with Gasteiger partial charge in [-0.3, -0.25) is 9.59 Å². The van der Waals surface area contributed by atoms with E-state index in [4.69, 9.17) is 34.8 Å². The third-order valence-electron chi connectivity index (χ3n) is 4.55. The second-order valence-electron chi connectivity index (χ2n) is 6.44. The largest absolute Gasteiger partial charge is 0.352 e. The van der Waals surface area contributed by atoms with Crippen molar-refractivity contribution in [1.82, 2.24) is 5.32 Å². The van der Waals surface area contributed by atoms with E-state index in [0.29, 0.717) is 5.56 Å². The highest BCUT2D eigenvalue weighted by molar-refractivity contribution is 6.53. The average molecular weight is 466 g/mol. The number of rotatable bonds is 5. The van der Waals surface area contributed by atoms with Gasteiger partial charge in [-0.05, 0) is 36.8 Å². The van der Waals surface area contributed by atoms with E-state index in [1.165, 1.54) is 12.1 Å². The van der Waals surface area contributed by atoms with Crippen molar-refractivity contribution in [2.45, 2.75) is 17.2 Å². The Kier molecular flexibility index (Phi) is 6.03. The molecular weight excluding hydrogens is 452 g/mol. The molecule has 1 saturated carbocycles. The van der Waals surface area contributed by atoms with Crippen LogP contribution in [0, 0.1) is 23.4 Å². The highest BCUT2D eigenvalue weighted by atomic mass is 35.5. The lowest BCUT2D eigenvalue weighted by molar-refractivity contribution is -0.117. The molecule has 29 heavy (non-hydrogen) atoms. The van der Waals surface area contributed by atoms with Crippen molar-refractivity contribution in [2.24, 2.45) is 5.92 Å². The number of amides is 2. The van der Waals surface area contributed by atoms with Crippen LogP contribution in [0.2, 0.25) is 5.02 Å². The van der Waals surface area contributed by atoms with Gasteiger partial charge in [-0.15, -0.1) is 23.2 Å². The van der Waals surface area contributed by atoms with Crippen molar-refractivity contribution < 1.29 is 22.8 Å². The summed E-state index contributed by atoms with van der Waals surface area (Å²) in [6, 6.07) is 5.67. The topological polar surface area (TPSA) is 58.2 Å². The number of carbonyl (C=O) groups excluding carboxylic acids is 2. The third kappa shape index (κ3) is 4.04. The van der Waals surface area contributed by atoms with Gasteiger partial charge in [-0.25, -0.2) is 13.2 Å². The SMILES string of the molecule is CCNC(=O)c1c(F)ccc(NC(=O)[C@H]2[C@H](c3ccc(F)c(Cl)c3)C2(Cl)Cl)c1F. The first-order chi connectivity index (χ1) is 13.6. The molecule has 0 radical (unpaired) electrons. The van der Waals surface area contributed by atoms with E-state index >= 15 is 0 Å². The Hall–Kier alpha value is -1.96. The van der Waals surface area contributed by atoms with Crippen LogP contribution in [0.15, 0.2) is 30.3 Å². The van der Waals surface area contributed by atoms with E-state index in [9.17, 15) is 22.8 Å². The smallest absolute Gasteiger partial charge is 0.257 e. The molecule has 2 N–H and O–H groups in total. The standard InChI is InChI=1S/C19H14Cl3F3N2O2/c1-2-26-17(28)13-11(24)5-6-12(16(13)25)27-18(29)15-14(19(15,21)22)8-3-4-10(23)9(20)7-8/h3-7,14-15H,2H2,1H3,(H,26,28)(H,27,29)/t14-,15+/m0/s1. The summed E-state index contributed by atoms with van der Waals surface area (Å²) in [6.07, 6.45) is 0. The second kappa shape index (κ2) is 8.05. The summed E-state index contributed by atoms with van der Waals surface area (Å²) in [5.74, 6) is -6.33. The van der Waals surface area contributed by atoms with E-state index in [1.54, 1.807) is 6.92 Å². The number of carbonyl (C=O) groups is 2. The molecule has 0 bridgehead atoms. The molecular formula is C19H14Cl3F3N2O2. The monoisotopic (exact) mass is 464 g/mol. The fourth-order valence-electron chi connectivity index (χ4n) is 3.09. The van der Waals surface area contributed by atoms with Gasteiger partial charge in [0, 0.05) is 12.5 Å². The number of hydrogen-bond acceptors (Lipinski definition) is 2. The van der Waals surface area contributed by atoms with Gasteiger partial charge in [0.15, 0.2) is 5.82 Å². The fourth-order valence-corrected chi connectivity index (χ4v) is 4.11. The molecule has 0 saturated heterocycles. The molecule has 1 aliphatic carbocycles. The summed E-state index contributed by atoms with van der Waals surface area (Å²) >= 11 is 18.2. The Bertz CT molecular complexity index is 1000. The molecule has 4 nitrogen and oxygen atoms in total. The number of nitrogens with one attached hydrogen (secondary N) is 2. The van der Waals surface area contributed by atoms with Crippen molar-refractivity contribution in [3.8, 4) is 0 Å². The van der Waals surface area contributed by atoms with Crippen LogP contribution in [0.3, 0.4) is 0 Å². The lowest BCUT2D eigenvalue weighted by atomic mass is 10.1. The van der Waals surface area contributed by atoms with Crippen LogP contribution in [-0.2, 0) is 4.79 Å². The maximum atomic E-state index is 14.6. The van der Waals surface area contributed by atoms with E-state index in [0.717, 1.165) is 18.2 Å². The minimum atomic E-state index is -1.52. The first-order valence-electron chi connectivity index (χ1n) is 8.49. The molecule has 2 amide bonds. The first-order valence-corrected chi connectivity index (χ1v) is 9.62. The Balaban J connectivity index is 1.84. The normalized spacial score (nSPS) is 19.6. The number of anilines is 1. The number of benzene rings is 2. The molecule has 0 unspecified atom stereocenters. The average Bonchev–Trinajstić information content (AvgIpc) is 3.22. The van der Waals surface area contributed by atoms with Gasteiger partial charge in [0.2, 0.25) is 5.91 Å². The van der Waals surface area contributed by atoms with Gasteiger partial charge >= 0.3 is 0 Å². The zero-order valence-electron chi connectivity index (χ0n) is 14.8. The predicted molar refractivity (Wildman–Crippen MR) is 105 cm³/mol. The van der Waals surface area contributed by atoms with Crippen molar-refractivity contribution in [2.75, 3.05) is 11.9 Å². The molecule has 1 aliphatic rings. The highest BCUT2D eigenvalue weighted by Gasteiger charge is 2.67. The molecule has 10 heteroatoms. The lowest BCUT2D eigenvalue weighted by Crippen LogP contribution is -2.26. The second-order valence-corrected chi connectivity index (χ2v) is 8.29. The molecule has 1 fully saturated rings. The van der Waals surface area contributed by atoms with E-state index < -0.39 is 56.7 Å². The maximum Gasteiger partial charge on any atom is 0.257 e. The molecule has 0 aromatic heterocycles. The highest BCUT2D eigenvalue weighted by Crippen LogP contribution is 2.65. The van der Waals surface area contributed by atoms with Crippen LogP contribution < -0.4 is 10.6 Å². The molecule has 2 aromatic carbocycles. The van der Waals surface area contributed by atoms with Crippen molar-refractivity contribution in [1.29, 1.82) is 0 Å². The Morgan fingerprint density at radius 2 is 1.76 bits per heavy atom. The Labute approximate surface area is 179 Å². The van der Waals surface area contributed by atoms with Crippen molar-refractivity contribution >= 4 is 52.3 Å².